The van der Waals surface area contributed by atoms with E-state index in [4.69, 9.17) is 23.7 Å². The Morgan fingerprint density at radius 3 is 2.19 bits per heavy atom. The van der Waals surface area contributed by atoms with Gasteiger partial charge in [-0.15, -0.1) is 0 Å². The van der Waals surface area contributed by atoms with Gasteiger partial charge >= 0.3 is 17.9 Å². The number of aryl methyl sites for hydroxylation is 1. The van der Waals surface area contributed by atoms with Crippen molar-refractivity contribution in [2.24, 2.45) is 0 Å². The third-order valence-corrected chi connectivity index (χ3v) is 4.63. The first kappa shape index (κ1) is 25.1. The Labute approximate surface area is 186 Å². The Hall–Kier alpha value is -3.14. The van der Waals surface area contributed by atoms with Crippen LogP contribution in [0.2, 0.25) is 0 Å². The molecule has 10 heteroatoms. The van der Waals surface area contributed by atoms with E-state index in [-0.39, 0.29) is 6.61 Å². The number of rotatable bonds is 8. The van der Waals surface area contributed by atoms with Gasteiger partial charge in [-0.2, -0.15) is 0 Å². The Morgan fingerprint density at radius 1 is 0.969 bits per heavy atom. The van der Waals surface area contributed by atoms with Gasteiger partial charge in [0, 0.05) is 27.7 Å². The molecule has 5 unspecified atom stereocenters. The van der Waals surface area contributed by atoms with E-state index in [2.05, 4.69) is 5.32 Å². The minimum absolute atomic E-state index is 0.285. The van der Waals surface area contributed by atoms with E-state index in [1.807, 2.05) is 25.1 Å². The summed E-state index contributed by atoms with van der Waals surface area (Å²) in [5, 5.41) is 2.66. The Kier molecular flexibility index (Phi) is 9.01. The van der Waals surface area contributed by atoms with Gasteiger partial charge in [-0.25, -0.2) is 0 Å². The molecule has 0 aromatic heterocycles. The summed E-state index contributed by atoms with van der Waals surface area (Å²) in [4.78, 5) is 46.9. The first-order chi connectivity index (χ1) is 15.1. The summed E-state index contributed by atoms with van der Waals surface area (Å²) in [5.41, 5.74) is 1.01. The first-order valence-corrected chi connectivity index (χ1v) is 10.3. The van der Waals surface area contributed by atoms with Gasteiger partial charge in [-0.3, -0.25) is 19.2 Å². The van der Waals surface area contributed by atoms with Gasteiger partial charge in [-0.05, 0) is 24.1 Å². The van der Waals surface area contributed by atoms with E-state index in [0.717, 1.165) is 12.0 Å². The van der Waals surface area contributed by atoms with E-state index in [0.29, 0.717) is 5.75 Å². The predicted octanol–water partition coefficient (Wildman–Crippen LogP) is 1.28. The SMILES string of the molecule is CCc1cccc(OC2OC(COC(C)=O)C(OC(C)=O)C(OC(C)=O)C2NC(C)=O)c1. The number of nitrogens with one attached hydrogen (secondary N) is 1. The molecule has 0 spiro atoms. The monoisotopic (exact) mass is 451 g/mol. The van der Waals surface area contributed by atoms with Crippen LogP contribution >= 0.6 is 0 Å². The molecule has 1 N–H and O–H groups in total. The fourth-order valence-electron chi connectivity index (χ4n) is 3.36. The molecule has 32 heavy (non-hydrogen) atoms. The maximum atomic E-state index is 11.9. The molecule has 176 valence electrons. The van der Waals surface area contributed by atoms with Crippen molar-refractivity contribution in [2.45, 2.75) is 71.7 Å². The lowest BCUT2D eigenvalue weighted by molar-refractivity contribution is -0.257. The van der Waals surface area contributed by atoms with Crippen LogP contribution in [0.15, 0.2) is 24.3 Å². The molecule has 1 aromatic rings. The highest BCUT2D eigenvalue weighted by Gasteiger charge is 2.51. The van der Waals surface area contributed by atoms with Crippen LogP contribution in [0.3, 0.4) is 0 Å². The van der Waals surface area contributed by atoms with E-state index in [1.54, 1.807) is 6.07 Å². The predicted molar refractivity (Wildman–Crippen MR) is 110 cm³/mol. The van der Waals surface area contributed by atoms with Crippen molar-refractivity contribution < 1.29 is 42.9 Å². The molecule has 10 nitrogen and oxygen atoms in total. The van der Waals surface area contributed by atoms with E-state index in [9.17, 15) is 19.2 Å². The summed E-state index contributed by atoms with van der Waals surface area (Å²) in [6.07, 6.45) is -3.69. The van der Waals surface area contributed by atoms with Crippen molar-refractivity contribution >= 4 is 23.8 Å². The lowest BCUT2D eigenvalue weighted by atomic mass is 9.96. The highest BCUT2D eigenvalue weighted by molar-refractivity contribution is 5.73. The average molecular weight is 451 g/mol. The van der Waals surface area contributed by atoms with Gasteiger partial charge in [0.05, 0.1) is 0 Å². The molecule has 1 aliphatic heterocycles. The Bertz CT molecular complexity index is 840. The molecule has 1 fully saturated rings. The molecular formula is C22H29NO9. The smallest absolute Gasteiger partial charge is 0.303 e. The molecule has 1 aromatic carbocycles. The van der Waals surface area contributed by atoms with Gasteiger partial charge < -0.3 is 29.0 Å². The molecule has 1 aliphatic rings. The van der Waals surface area contributed by atoms with Crippen LogP contribution in [0.5, 0.6) is 5.75 Å². The molecular weight excluding hydrogens is 422 g/mol. The zero-order chi connectivity index (χ0) is 23.8. The fourth-order valence-corrected chi connectivity index (χ4v) is 3.36. The second-order valence-electron chi connectivity index (χ2n) is 7.34. The van der Waals surface area contributed by atoms with Crippen LogP contribution in [0.4, 0.5) is 0 Å². The first-order valence-electron chi connectivity index (χ1n) is 10.3. The van der Waals surface area contributed by atoms with Crippen molar-refractivity contribution in [3.05, 3.63) is 29.8 Å². The van der Waals surface area contributed by atoms with E-state index < -0.39 is 54.5 Å². The maximum Gasteiger partial charge on any atom is 0.303 e. The van der Waals surface area contributed by atoms with Crippen molar-refractivity contribution in [3.63, 3.8) is 0 Å². The molecule has 1 saturated heterocycles. The van der Waals surface area contributed by atoms with Gasteiger partial charge in [0.1, 0.15) is 24.5 Å². The fraction of sp³-hybridized carbons (Fsp3) is 0.545. The molecule has 1 heterocycles. The van der Waals surface area contributed by atoms with Gasteiger partial charge in [0.2, 0.25) is 12.2 Å². The summed E-state index contributed by atoms with van der Waals surface area (Å²) in [5.74, 6) is -1.88. The van der Waals surface area contributed by atoms with Crippen LogP contribution in [0.1, 0.15) is 40.2 Å². The molecule has 2 rings (SSSR count). The van der Waals surface area contributed by atoms with Gasteiger partial charge in [-0.1, -0.05) is 19.1 Å². The Morgan fingerprint density at radius 2 is 1.62 bits per heavy atom. The highest BCUT2D eigenvalue weighted by atomic mass is 16.7. The summed E-state index contributed by atoms with van der Waals surface area (Å²) in [6, 6.07) is 6.26. The second-order valence-corrected chi connectivity index (χ2v) is 7.34. The largest absolute Gasteiger partial charge is 0.463 e. The number of carbonyl (C=O) groups is 4. The summed E-state index contributed by atoms with van der Waals surface area (Å²) in [7, 11) is 0. The number of amides is 1. The lowest BCUT2D eigenvalue weighted by Crippen LogP contribution is -2.67. The number of hydrogen-bond donors (Lipinski definition) is 1. The number of carbonyl (C=O) groups excluding carboxylic acids is 4. The number of ether oxygens (including phenoxy) is 5. The van der Waals surface area contributed by atoms with Crippen LogP contribution < -0.4 is 10.1 Å². The summed E-state index contributed by atoms with van der Waals surface area (Å²) in [6.45, 7) is 6.58. The normalized spacial score (nSPS) is 24.7. The second kappa shape index (κ2) is 11.5. The highest BCUT2D eigenvalue weighted by Crippen LogP contribution is 2.29. The van der Waals surface area contributed by atoms with Crippen LogP contribution in [-0.2, 0) is 44.5 Å². The van der Waals surface area contributed by atoms with Crippen molar-refractivity contribution in [3.8, 4) is 5.75 Å². The number of hydrogen-bond acceptors (Lipinski definition) is 9. The topological polar surface area (TPSA) is 126 Å². The third-order valence-electron chi connectivity index (χ3n) is 4.63. The number of esters is 3. The molecule has 0 bridgehead atoms. The maximum absolute atomic E-state index is 11.9. The van der Waals surface area contributed by atoms with Crippen LogP contribution in [0.25, 0.3) is 0 Å². The average Bonchev–Trinajstić information content (AvgIpc) is 2.70. The molecule has 1 amide bonds. The minimum atomic E-state index is -1.16. The zero-order valence-corrected chi connectivity index (χ0v) is 18.8. The van der Waals surface area contributed by atoms with E-state index >= 15 is 0 Å². The summed E-state index contributed by atoms with van der Waals surface area (Å²) >= 11 is 0. The standard InChI is InChI=1S/C22H29NO9/c1-6-16-8-7-9-17(10-16)31-22-19(23-12(2)24)21(30-15(5)27)20(29-14(4)26)18(32-22)11-28-13(3)25/h7-10,18-22H,6,11H2,1-5H3,(H,23,24). The van der Waals surface area contributed by atoms with Gasteiger partial charge in [0.25, 0.3) is 0 Å². The van der Waals surface area contributed by atoms with Crippen LogP contribution in [-0.4, -0.2) is 61.1 Å². The Balaban J connectivity index is 2.45. The van der Waals surface area contributed by atoms with Crippen molar-refractivity contribution in [2.75, 3.05) is 6.61 Å². The van der Waals surface area contributed by atoms with Crippen molar-refractivity contribution in [1.29, 1.82) is 0 Å². The molecule has 0 saturated carbocycles. The minimum Gasteiger partial charge on any atom is -0.463 e. The molecule has 5 atom stereocenters. The lowest BCUT2D eigenvalue weighted by Gasteiger charge is -2.44. The zero-order valence-electron chi connectivity index (χ0n) is 18.8. The van der Waals surface area contributed by atoms with Crippen LogP contribution in [0, 0.1) is 0 Å². The van der Waals surface area contributed by atoms with Crippen molar-refractivity contribution in [1.82, 2.24) is 5.32 Å². The number of benzene rings is 1. The molecule has 0 radical (unpaired) electrons. The van der Waals surface area contributed by atoms with Gasteiger partial charge in [0.15, 0.2) is 12.2 Å². The molecule has 0 aliphatic carbocycles. The van der Waals surface area contributed by atoms with E-state index in [1.165, 1.54) is 27.7 Å². The quantitative estimate of drug-likeness (QED) is 0.459. The third kappa shape index (κ3) is 7.23. The summed E-state index contributed by atoms with van der Waals surface area (Å²) < 4.78 is 27.8.